The van der Waals surface area contributed by atoms with Gasteiger partial charge in [-0.2, -0.15) is 0 Å². The van der Waals surface area contributed by atoms with Crippen molar-refractivity contribution in [2.75, 3.05) is 19.1 Å². The molecule has 0 atom stereocenters. The number of benzene rings is 1. The number of ether oxygens (including phenoxy) is 1. The Hall–Kier alpha value is -2.17. The summed E-state index contributed by atoms with van der Waals surface area (Å²) < 4.78 is 45.0. The molecule has 0 saturated heterocycles. The Morgan fingerprint density at radius 2 is 1.88 bits per heavy atom. The number of hydrogen-bond acceptors (Lipinski definition) is 2. The van der Waals surface area contributed by atoms with Crippen molar-refractivity contribution in [3.8, 4) is 0 Å². The van der Waals surface area contributed by atoms with Gasteiger partial charge >= 0.3 is 0 Å². The molecule has 0 aliphatic heterocycles. The van der Waals surface area contributed by atoms with Gasteiger partial charge in [0.1, 0.15) is 11.6 Å². The molecule has 1 fully saturated rings. The largest absolute Gasteiger partial charge is 0.497 e. The van der Waals surface area contributed by atoms with Gasteiger partial charge in [0, 0.05) is 42.8 Å². The topological polar surface area (TPSA) is 12.5 Å². The molecule has 0 amide bonds. The first-order valence-electron chi connectivity index (χ1n) is 7.75. The molecule has 0 radical (unpaired) electrons. The molecule has 1 saturated carbocycles. The Bertz CT molecular complexity index is 654. The van der Waals surface area contributed by atoms with Crippen molar-refractivity contribution >= 4 is 5.69 Å². The Morgan fingerprint density at radius 1 is 1.29 bits per heavy atom. The van der Waals surface area contributed by atoms with Crippen LogP contribution in [0.3, 0.4) is 0 Å². The maximum absolute atomic E-state index is 13.3. The Balaban J connectivity index is 2.32. The van der Waals surface area contributed by atoms with Gasteiger partial charge in [-0.25, -0.2) is 13.2 Å². The molecule has 0 bridgehead atoms. The normalized spacial score (nSPS) is 18.1. The molecule has 130 valence electrons. The zero-order valence-electron chi connectivity index (χ0n) is 14.2. The molecule has 1 aliphatic carbocycles. The first-order valence-corrected chi connectivity index (χ1v) is 7.75. The summed E-state index contributed by atoms with van der Waals surface area (Å²) in [5.74, 6) is -2.65. The highest BCUT2D eigenvalue weighted by molar-refractivity contribution is 5.54. The maximum atomic E-state index is 13.3. The SMILES string of the molecule is C=C(/C=C(/C1CC(F)(F)C1)N(C)c1ccc(F)cc1)/C(=C/C)OC. The molecule has 0 aromatic heterocycles. The lowest BCUT2D eigenvalue weighted by atomic mass is 9.78. The minimum Gasteiger partial charge on any atom is -0.497 e. The zero-order chi connectivity index (χ0) is 17.9. The number of nitrogens with zero attached hydrogens (tertiary/aromatic N) is 1. The molecular weight excluding hydrogens is 315 g/mol. The van der Waals surface area contributed by atoms with E-state index in [1.165, 1.54) is 19.2 Å². The van der Waals surface area contributed by atoms with Gasteiger partial charge in [0.15, 0.2) is 0 Å². The second-order valence-corrected chi connectivity index (χ2v) is 5.95. The molecule has 1 aromatic rings. The van der Waals surface area contributed by atoms with Crippen LogP contribution in [-0.2, 0) is 4.74 Å². The van der Waals surface area contributed by atoms with E-state index < -0.39 is 5.92 Å². The summed E-state index contributed by atoms with van der Waals surface area (Å²) in [6.07, 6.45) is 3.14. The van der Waals surface area contributed by atoms with E-state index in [0.717, 1.165) is 5.69 Å². The van der Waals surface area contributed by atoms with E-state index in [2.05, 4.69) is 6.58 Å². The van der Waals surface area contributed by atoms with Gasteiger partial charge in [0.2, 0.25) is 5.92 Å². The first kappa shape index (κ1) is 18.2. The third-order valence-corrected chi connectivity index (χ3v) is 4.23. The van der Waals surface area contributed by atoms with E-state index in [9.17, 15) is 13.2 Å². The van der Waals surface area contributed by atoms with Gasteiger partial charge < -0.3 is 9.64 Å². The summed E-state index contributed by atoms with van der Waals surface area (Å²) in [4.78, 5) is 1.80. The summed E-state index contributed by atoms with van der Waals surface area (Å²) in [5.41, 5.74) is 2.05. The number of halogens is 3. The van der Waals surface area contributed by atoms with Crippen LogP contribution >= 0.6 is 0 Å². The van der Waals surface area contributed by atoms with Gasteiger partial charge in [0.25, 0.3) is 0 Å². The minimum absolute atomic E-state index is 0.199. The highest BCUT2D eigenvalue weighted by Crippen LogP contribution is 2.47. The molecule has 1 aromatic carbocycles. The third-order valence-electron chi connectivity index (χ3n) is 4.23. The molecule has 0 heterocycles. The van der Waals surface area contributed by atoms with Crippen LogP contribution in [0.1, 0.15) is 19.8 Å². The average molecular weight is 337 g/mol. The molecule has 1 aliphatic rings. The van der Waals surface area contributed by atoms with Crippen molar-refractivity contribution in [2.45, 2.75) is 25.7 Å². The summed E-state index contributed by atoms with van der Waals surface area (Å²) in [6, 6.07) is 5.94. The maximum Gasteiger partial charge on any atom is 0.249 e. The van der Waals surface area contributed by atoms with Crippen molar-refractivity contribution < 1.29 is 17.9 Å². The van der Waals surface area contributed by atoms with Gasteiger partial charge in [0.05, 0.1) is 7.11 Å². The fraction of sp³-hybridized carbons (Fsp3) is 0.368. The van der Waals surface area contributed by atoms with Crippen LogP contribution in [-0.4, -0.2) is 20.1 Å². The Morgan fingerprint density at radius 3 is 2.33 bits per heavy atom. The molecule has 5 heteroatoms. The Kier molecular flexibility index (Phi) is 5.42. The lowest BCUT2D eigenvalue weighted by molar-refractivity contribution is -0.0997. The summed E-state index contributed by atoms with van der Waals surface area (Å²) >= 11 is 0. The summed E-state index contributed by atoms with van der Waals surface area (Å²) in [7, 11) is 3.32. The van der Waals surface area contributed by atoms with Crippen LogP contribution in [0.15, 0.2) is 60.0 Å². The molecular formula is C19H22F3NO. The zero-order valence-corrected chi connectivity index (χ0v) is 14.2. The van der Waals surface area contributed by atoms with E-state index in [1.807, 2.05) is 6.92 Å². The molecule has 2 rings (SSSR count). The molecule has 0 N–H and O–H groups in total. The first-order chi connectivity index (χ1) is 11.3. The number of anilines is 1. The van der Waals surface area contributed by atoms with Gasteiger partial charge in [-0.15, -0.1) is 0 Å². The number of hydrogen-bond donors (Lipinski definition) is 0. The molecule has 2 nitrogen and oxygen atoms in total. The summed E-state index contributed by atoms with van der Waals surface area (Å²) in [6.45, 7) is 5.78. The fourth-order valence-electron chi connectivity index (χ4n) is 2.86. The second-order valence-electron chi connectivity index (χ2n) is 5.95. The third kappa shape index (κ3) is 4.02. The highest BCUT2D eigenvalue weighted by Gasteiger charge is 2.47. The smallest absolute Gasteiger partial charge is 0.249 e. The number of rotatable bonds is 6. The van der Waals surface area contributed by atoms with E-state index in [0.29, 0.717) is 17.0 Å². The lowest BCUT2D eigenvalue weighted by Gasteiger charge is -2.40. The van der Waals surface area contributed by atoms with Crippen LogP contribution < -0.4 is 4.90 Å². The predicted octanol–water partition coefficient (Wildman–Crippen LogP) is 5.30. The number of methoxy groups -OCH3 is 1. The molecule has 24 heavy (non-hydrogen) atoms. The van der Waals surface area contributed by atoms with Gasteiger partial charge in [-0.05, 0) is 43.3 Å². The molecule has 0 spiro atoms. The van der Waals surface area contributed by atoms with E-state index in [4.69, 9.17) is 4.74 Å². The van der Waals surface area contributed by atoms with Crippen LogP contribution in [0.2, 0.25) is 0 Å². The van der Waals surface area contributed by atoms with Crippen molar-refractivity contribution in [2.24, 2.45) is 5.92 Å². The second kappa shape index (κ2) is 7.16. The quantitative estimate of drug-likeness (QED) is 0.516. The average Bonchev–Trinajstić information content (AvgIpc) is 2.51. The summed E-state index contributed by atoms with van der Waals surface area (Å²) in [5, 5.41) is 0. The van der Waals surface area contributed by atoms with E-state index >= 15 is 0 Å². The van der Waals surface area contributed by atoms with Crippen LogP contribution in [0.25, 0.3) is 0 Å². The molecule has 0 unspecified atom stereocenters. The van der Waals surface area contributed by atoms with Crippen LogP contribution in [0, 0.1) is 11.7 Å². The van der Waals surface area contributed by atoms with E-state index in [1.54, 1.807) is 36.2 Å². The monoisotopic (exact) mass is 337 g/mol. The van der Waals surface area contributed by atoms with Gasteiger partial charge in [-0.3, -0.25) is 0 Å². The van der Waals surface area contributed by atoms with Crippen molar-refractivity contribution in [3.63, 3.8) is 0 Å². The minimum atomic E-state index is -2.63. The van der Waals surface area contributed by atoms with Gasteiger partial charge in [-0.1, -0.05) is 6.58 Å². The standard InChI is InChI=1S/C19H22F3NO/c1-5-18(24-4)13(2)10-17(14-11-19(21,22)12-14)23(3)16-8-6-15(20)7-9-16/h5-10,14H,2,11-12H2,1,3-4H3/b17-10-,18-5-. The fourth-order valence-corrected chi connectivity index (χ4v) is 2.86. The van der Waals surface area contributed by atoms with Crippen molar-refractivity contribution in [1.82, 2.24) is 0 Å². The van der Waals surface area contributed by atoms with Crippen LogP contribution in [0.5, 0.6) is 0 Å². The highest BCUT2D eigenvalue weighted by atomic mass is 19.3. The number of alkyl halides is 2. The predicted molar refractivity (Wildman–Crippen MR) is 90.5 cm³/mol. The van der Waals surface area contributed by atoms with Crippen LogP contribution in [0.4, 0.5) is 18.9 Å². The Labute approximate surface area is 140 Å². The van der Waals surface area contributed by atoms with Crippen molar-refractivity contribution in [1.29, 1.82) is 0 Å². The van der Waals surface area contributed by atoms with Crippen molar-refractivity contribution in [3.05, 3.63) is 65.8 Å². The van der Waals surface area contributed by atoms with E-state index in [-0.39, 0.29) is 24.6 Å². The lowest BCUT2D eigenvalue weighted by Crippen LogP contribution is -2.40. The number of allylic oxidation sites excluding steroid dienone is 3.